The summed E-state index contributed by atoms with van der Waals surface area (Å²) < 4.78 is 15.3. The first-order valence-corrected chi connectivity index (χ1v) is 8.18. The molecule has 7 nitrogen and oxygen atoms in total. The zero-order valence-electron chi connectivity index (χ0n) is 13.5. The summed E-state index contributed by atoms with van der Waals surface area (Å²) >= 11 is 0. The minimum Gasteiger partial charge on any atom is -0.354 e. The summed E-state index contributed by atoms with van der Waals surface area (Å²) in [5, 5.41) is 14.9. The van der Waals surface area contributed by atoms with Gasteiger partial charge in [-0.1, -0.05) is 12.1 Å². The minimum absolute atomic E-state index is 0.167. The standard InChI is InChI=1S/C17H17FN6O/c18-13-5-1-2-6-14(13)20-17(25)12-4-3-9-23(10-12)16-8-7-15-21-19-11-24(15)22-16/h1-2,5-8,11-12H,3-4,9-10H2,(H,20,25)/t12-/m0/s1. The van der Waals surface area contributed by atoms with Crippen LogP contribution in [0.2, 0.25) is 0 Å². The fraction of sp³-hybridized carbons (Fsp3) is 0.294. The van der Waals surface area contributed by atoms with Crippen LogP contribution >= 0.6 is 0 Å². The largest absolute Gasteiger partial charge is 0.354 e. The molecule has 2 aromatic heterocycles. The molecule has 1 aromatic carbocycles. The van der Waals surface area contributed by atoms with E-state index in [2.05, 4.69) is 25.5 Å². The third kappa shape index (κ3) is 3.15. The first-order chi connectivity index (χ1) is 12.2. The van der Waals surface area contributed by atoms with Crippen molar-refractivity contribution in [2.45, 2.75) is 12.8 Å². The molecule has 1 saturated heterocycles. The summed E-state index contributed by atoms with van der Waals surface area (Å²) in [6.45, 7) is 1.37. The van der Waals surface area contributed by atoms with E-state index in [9.17, 15) is 9.18 Å². The van der Waals surface area contributed by atoms with Gasteiger partial charge in [0.2, 0.25) is 5.91 Å². The fourth-order valence-corrected chi connectivity index (χ4v) is 3.08. The number of nitrogens with one attached hydrogen (secondary N) is 1. The van der Waals surface area contributed by atoms with Crippen molar-refractivity contribution in [3.63, 3.8) is 0 Å². The summed E-state index contributed by atoms with van der Waals surface area (Å²) in [7, 11) is 0. The first kappa shape index (κ1) is 15.5. The van der Waals surface area contributed by atoms with E-state index in [0.29, 0.717) is 12.2 Å². The van der Waals surface area contributed by atoms with Gasteiger partial charge >= 0.3 is 0 Å². The van der Waals surface area contributed by atoms with Crippen molar-refractivity contribution in [2.75, 3.05) is 23.3 Å². The van der Waals surface area contributed by atoms with Gasteiger partial charge in [0.15, 0.2) is 5.65 Å². The average molecular weight is 340 g/mol. The summed E-state index contributed by atoms with van der Waals surface area (Å²) in [5.41, 5.74) is 0.892. The third-order valence-electron chi connectivity index (χ3n) is 4.40. The van der Waals surface area contributed by atoms with Crippen molar-refractivity contribution in [2.24, 2.45) is 5.92 Å². The van der Waals surface area contributed by atoms with Crippen LogP contribution in [-0.2, 0) is 4.79 Å². The summed E-state index contributed by atoms with van der Waals surface area (Å²) in [4.78, 5) is 14.6. The Morgan fingerprint density at radius 3 is 3.00 bits per heavy atom. The highest BCUT2D eigenvalue weighted by atomic mass is 19.1. The molecule has 0 aliphatic carbocycles. The number of nitrogens with zero attached hydrogens (tertiary/aromatic N) is 5. The van der Waals surface area contributed by atoms with Gasteiger partial charge in [-0.2, -0.15) is 4.52 Å². The van der Waals surface area contributed by atoms with Gasteiger partial charge in [-0.3, -0.25) is 4.79 Å². The summed E-state index contributed by atoms with van der Waals surface area (Å²) in [6.07, 6.45) is 3.19. The lowest BCUT2D eigenvalue weighted by molar-refractivity contribution is -0.120. The number of amides is 1. The minimum atomic E-state index is -0.428. The quantitative estimate of drug-likeness (QED) is 0.790. The van der Waals surface area contributed by atoms with Crippen LogP contribution in [0.1, 0.15) is 12.8 Å². The van der Waals surface area contributed by atoms with Crippen molar-refractivity contribution in [3.05, 3.63) is 48.5 Å². The van der Waals surface area contributed by atoms with Crippen LogP contribution < -0.4 is 10.2 Å². The molecule has 1 fully saturated rings. The topological polar surface area (TPSA) is 75.4 Å². The predicted octanol–water partition coefficient (Wildman–Crippen LogP) is 2.12. The van der Waals surface area contributed by atoms with Crippen LogP contribution in [0.5, 0.6) is 0 Å². The number of fused-ring (bicyclic) bond motifs is 1. The Bertz CT molecular complexity index is 911. The molecule has 128 valence electrons. The van der Waals surface area contributed by atoms with Crippen molar-refractivity contribution in [3.8, 4) is 0 Å². The Labute approximate surface area is 143 Å². The summed E-state index contributed by atoms with van der Waals surface area (Å²) in [5.74, 6) is -0.0362. The lowest BCUT2D eigenvalue weighted by Crippen LogP contribution is -2.41. The van der Waals surface area contributed by atoms with Gasteiger partial charge in [-0.25, -0.2) is 4.39 Å². The van der Waals surface area contributed by atoms with Crippen molar-refractivity contribution < 1.29 is 9.18 Å². The molecule has 25 heavy (non-hydrogen) atoms. The maximum atomic E-state index is 13.7. The molecule has 1 atom stereocenters. The van der Waals surface area contributed by atoms with Gasteiger partial charge in [-0.15, -0.1) is 15.3 Å². The number of halogens is 1. The molecular formula is C17H17FN6O. The van der Waals surface area contributed by atoms with E-state index in [1.54, 1.807) is 29.0 Å². The molecule has 0 unspecified atom stereocenters. The van der Waals surface area contributed by atoms with Gasteiger partial charge in [-0.05, 0) is 37.1 Å². The number of rotatable bonds is 3. The van der Waals surface area contributed by atoms with Crippen LogP contribution in [0.4, 0.5) is 15.9 Å². The second kappa shape index (κ2) is 6.46. The van der Waals surface area contributed by atoms with Crippen LogP contribution in [0.25, 0.3) is 5.65 Å². The zero-order valence-corrected chi connectivity index (χ0v) is 13.5. The average Bonchev–Trinajstić information content (AvgIpc) is 3.11. The zero-order chi connectivity index (χ0) is 17.2. The van der Waals surface area contributed by atoms with Gasteiger partial charge in [0, 0.05) is 13.1 Å². The fourth-order valence-electron chi connectivity index (χ4n) is 3.08. The van der Waals surface area contributed by atoms with E-state index < -0.39 is 5.82 Å². The number of anilines is 2. The number of para-hydroxylation sites is 1. The SMILES string of the molecule is O=C(Nc1ccccc1F)[C@H]1CCCN(c2ccc3nncn3n2)C1. The molecule has 0 spiro atoms. The lowest BCUT2D eigenvalue weighted by Gasteiger charge is -2.32. The third-order valence-corrected chi connectivity index (χ3v) is 4.40. The Hall–Kier alpha value is -3.03. The Morgan fingerprint density at radius 1 is 1.24 bits per heavy atom. The molecule has 0 bridgehead atoms. The van der Waals surface area contributed by atoms with E-state index in [4.69, 9.17) is 0 Å². The van der Waals surface area contributed by atoms with Crippen molar-refractivity contribution in [1.82, 2.24) is 19.8 Å². The predicted molar refractivity (Wildman–Crippen MR) is 90.7 cm³/mol. The maximum Gasteiger partial charge on any atom is 0.229 e. The first-order valence-electron chi connectivity index (χ1n) is 8.18. The highest BCUT2D eigenvalue weighted by molar-refractivity contribution is 5.93. The van der Waals surface area contributed by atoms with E-state index in [0.717, 1.165) is 25.2 Å². The number of benzene rings is 1. The highest BCUT2D eigenvalue weighted by Gasteiger charge is 2.27. The van der Waals surface area contributed by atoms with Crippen LogP contribution in [0, 0.1) is 11.7 Å². The molecular weight excluding hydrogens is 323 g/mol. The molecule has 8 heteroatoms. The van der Waals surface area contributed by atoms with Crippen molar-refractivity contribution >= 4 is 23.1 Å². The van der Waals surface area contributed by atoms with Gasteiger partial charge in [0.05, 0.1) is 11.6 Å². The smallest absolute Gasteiger partial charge is 0.229 e. The van der Waals surface area contributed by atoms with Crippen LogP contribution in [0.15, 0.2) is 42.7 Å². The van der Waals surface area contributed by atoms with E-state index in [1.807, 2.05) is 12.1 Å². The highest BCUT2D eigenvalue weighted by Crippen LogP contribution is 2.23. The molecule has 3 heterocycles. The molecule has 1 aliphatic rings. The van der Waals surface area contributed by atoms with E-state index >= 15 is 0 Å². The number of aromatic nitrogens is 4. The molecule has 0 saturated carbocycles. The normalized spacial score (nSPS) is 17.6. The number of hydrogen-bond donors (Lipinski definition) is 1. The van der Waals surface area contributed by atoms with Crippen LogP contribution in [-0.4, -0.2) is 38.8 Å². The molecule has 3 aromatic rings. The van der Waals surface area contributed by atoms with Crippen LogP contribution in [0.3, 0.4) is 0 Å². The molecule has 4 rings (SSSR count). The number of carbonyl (C=O) groups is 1. The second-order valence-electron chi connectivity index (χ2n) is 6.08. The van der Waals surface area contributed by atoms with Gasteiger partial charge in [0.25, 0.3) is 0 Å². The maximum absolute atomic E-state index is 13.7. The molecule has 1 amide bonds. The van der Waals surface area contributed by atoms with Gasteiger partial charge in [0.1, 0.15) is 18.0 Å². The molecule has 1 N–H and O–H groups in total. The Morgan fingerprint density at radius 2 is 2.12 bits per heavy atom. The Balaban J connectivity index is 1.48. The number of piperidine rings is 1. The van der Waals surface area contributed by atoms with E-state index in [-0.39, 0.29) is 17.5 Å². The summed E-state index contributed by atoms with van der Waals surface area (Å²) in [6, 6.07) is 9.92. The number of carbonyl (C=O) groups excluding carboxylic acids is 1. The Kier molecular flexibility index (Phi) is 4.01. The van der Waals surface area contributed by atoms with Crippen molar-refractivity contribution in [1.29, 1.82) is 0 Å². The lowest BCUT2D eigenvalue weighted by atomic mass is 9.97. The number of hydrogen-bond acceptors (Lipinski definition) is 5. The molecule has 0 radical (unpaired) electrons. The van der Waals surface area contributed by atoms with E-state index in [1.165, 1.54) is 6.07 Å². The van der Waals surface area contributed by atoms with Gasteiger partial charge < -0.3 is 10.2 Å². The monoisotopic (exact) mass is 340 g/mol. The molecule has 1 aliphatic heterocycles. The second-order valence-corrected chi connectivity index (χ2v) is 6.08.